The minimum Gasteiger partial charge on any atom is -0.480 e. The first-order valence-corrected chi connectivity index (χ1v) is 11.8. The highest BCUT2D eigenvalue weighted by Gasteiger charge is 2.41. The number of aliphatic carboxylic acids is 1. The van der Waals surface area contributed by atoms with Gasteiger partial charge in [0.05, 0.1) is 12.2 Å². The average molecular weight is 472 g/mol. The van der Waals surface area contributed by atoms with Crippen molar-refractivity contribution in [3.8, 4) is 0 Å². The number of Topliss-reactive ketones (excluding diaryl/α,β-unsaturated/α-hetero) is 1. The van der Waals surface area contributed by atoms with Crippen molar-refractivity contribution in [1.82, 2.24) is 14.7 Å². The minimum atomic E-state index is -0.988. The molecule has 0 spiro atoms. The lowest BCUT2D eigenvalue weighted by molar-refractivity contribution is -0.138. The molecule has 1 aromatic carbocycles. The number of aromatic nitrogens is 2. The smallest absolute Gasteiger partial charge is 0.325 e. The van der Waals surface area contributed by atoms with Gasteiger partial charge in [-0.1, -0.05) is 36.0 Å². The molecule has 4 rings (SSSR count). The highest BCUT2D eigenvalue weighted by atomic mass is 32.2. The molecule has 2 fully saturated rings. The Morgan fingerprint density at radius 1 is 1.27 bits per heavy atom. The zero-order valence-corrected chi connectivity index (χ0v) is 19.1. The van der Waals surface area contributed by atoms with Gasteiger partial charge in [-0.25, -0.2) is 4.39 Å². The predicted molar refractivity (Wildman–Crippen MR) is 123 cm³/mol. The number of carboxylic acids is 1. The van der Waals surface area contributed by atoms with Crippen LogP contribution in [0.15, 0.2) is 42.2 Å². The summed E-state index contributed by atoms with van der Waals surface area (Å²) in [5, 5.41) is 13.0. The van der Waals surface area contributed by atoms with Gasteiger partial charge in [0, 0.05) is 48.5 Å². The van der Waals surface area contributed by atoms with E-state index in [-0.39, 0.29) is 28.6 Å². The molecule has 33 heavy (non-hydrogen) atoms. The van der Waals surface area contributed by atoms with E-state index in [1.54, 1.807) is 30.6 Å². The Morgan fingerprint density at radius 2 is 2.03 bits per heavy atom. The Bertz CT molecular complexity index is 1090. The third kappa shape index (κ3) is 5.78. The van der Waals surface area contributed by atoms with E-state index in [0.29, 0.717) is 25.1 Å². The molecular formula is C24H26FN3O4S. The van der Waals surface area contributed by atoms with E-state index in [0.717, 1.165) is 24.0 Å². The molecule has 1 N–H and O–H groups in total. The summed E-state index contributed by atoms with van der Waals surface area (Å²) in [5.41, 5.74) is 2.04. The number of hydrogen-bond donors (Lipinski definition) is 1. The van der Waals surface area contributed by atoms with Crippen molar-refractivity contribution in [2.24, 2.45) is 5.92 Å². The van der Waals surface area contributed by atoms with Crippen LogP contribution in [-0.4, -0.2) is 55.0 Å². The molecule has 1 saturated carbocycles. The number of halogens is 1. The molecule has 1 aliphatic carbocycles. The second kappa shape index (κ2) is 10.0. The van der Waals surface area contributed by atoms with Gasteiger partial charge in [-0.3, -0.25) is 24.0 Å². The van der Waals surface area contributed by atoms with E-state index >= 15 is 0 Å². The second-order valence-corrected chi connectivity index (χ2v) is 9.92. The molecule has 0 bridgehead atoms. The highest BCUT2D eigenvalue weighted by Crippen LogP contribution is 2.40. The van der Waals surface area contributed by atoms with Crippen LogP contribution in [0.4, 0.5) is 4.39 Å². The highest BCUT2D eigenvalue weighted by molar-refractivity contribution is 8.14. The molecule has 7 nitrogen and oxygen atoms in total. The Hall–Kier alpha value is -2.78. The zero-order valence-electron chi connectivity index (χ0n) is 18.3. The first kappa shape index (κ1) is 23.4. The molecule has 2 aliphatic rings. The molecule has 9 heteroatoms. The zero-order chi connectivity index (χ0) is 23.5. The number of ketones is 1. The molecule has 1 aromatic heterocycles. The maximum absolute atomic E-state index is 14.7. The van der Waals surface area contributed by atoms with Gasteiger partial charge in [0.1, 0.15) is 12.4 Å². The van der Waals surface area contributed by atoms with Gasteiger partial charge in [-0.05, 0) is 30.9 Å². The number of hydrogen-bond acceptors (Lipinski definition) is 6. The quantitative estimate of drug-likeness (QED) is 0.629. The molecule has 2 atom stereocenters. The van der Waals surface area contributed by atoms with Gasteiger partial charge in [0.15, 0.2) is 10.9 Å². The van der Waals surface area contributed by atoms with Crippen molar-refractivity contribution in [1.29, 1.82) is 0 Å². The molecule has 2 aromatic rings. The summed E-state index contributed by atoms with van der Waals surface area (Å²) in [7, 11) is 0. The maximum Gasteiger partial charge on any atom is 0.325 e. The summed E-state index contributed by atoms with van der Waals surface area (Å²) in [4.78, 5) is 38.1. The van der Waals surface area contributed by atoms with Gasteiger partial charge >= 0.3 is 5.97 Å². The molecular weight excluding hydrogens is 445 g/mol. The number of carbonyl (C=O) groups is 3. The normalized spacial score (nSPS) is 21.2. The monoisotopic (exact) mass is 471 g/mol. The topological polar surface area (TPSA) is 92.5 Å². The third-order valence-electron chi connectivity index (χ3n) is 5.90. The minimum absolute atomic E-state index is 0.000586. The van der Waals surface area contributed by atoms with Crippen LogP contribution in [0.3, 0.4) is 0 Å². The lowest BCUT2D eigenvalue weighted by Gasteiger charge is -2.38. The maximum atomic E-state index is 14.7. The van der Waals surface area contributed by atoms with Crippen LogP contribution in [0.25, 0.3) is 6.08 Å². The van der Waals surface area contributed by atoms with Crippen molar-refractivity contribution in [2.45, 2.75) is 44.0 Å². The number of thioether (sulfide) groups is 1. The van der Waals surface area contributed by atoms with Crippen LogP contribution in [0.2, 0.25) is 0 Å². The first-order valence-electron chi connectivity index (χ1n) is 11.0. The molecule has 2 unspecified atom stereocenters. The summed E-state index contributed by atoms with van der Waals surface area (Å²) in [6.07, 6.45) is 7.44. The fraction of sp³-hybridized carbons (Fsp3) is 0.417. The second-order valence-electron chi connectivity index (χ2n) is 8.54. The van der Waals surface area contributed by atoms with Crippen molar-refractivity contribution in [3.05, 3.63) is 59.2 Å². The number of carboxylic acid groups (broad SMARTS) is 1. The molecule has 0 radical (unpaired) electrons. The van der Waals surface area contributed by atoms with E-state index in [1.165, 1.54) is 29.4 Å². The first-order chi connectivity index (χ1) is 15.8. The van der Waals surface area contributed by atoms with Crippen LogP contribution >= 0.6 is 11.8 Å². The fourth-order valence-corrected chi connectivity index (χ4v) is 5.21. The Labute approximate surface area is 195 Å². The van der Waals surface area contributed by atoms with Gasteiger partial charge in [-0.2, -0.15) is 5.10 Å². The van der Waals surface area contributed by atoms with Crippen LogP contribution in [0.5, 0.6) is 0 Å². The van der Waals surface area contributed by atoms with E-state index in [1.807, 2.05) is 11.0 Å². The van der Waals surface area contributed by atoms with Gasteiger partial charge in [-0.15, -0.1) is 0 Å². The lowest BCUT2D eigenvalue weighted by atomic mass is 9.93. The number of likely N-dealkylation sites (tertiary alicyclic amines) is 1. The van der Waals surface area contributed by atoms with Gasteiger partial charge < -0.3 is 5.11 Å². The Kier molecular flexibility index (Phi) is 7.09. The van der Waals surface area contributed by atoms with E-state index < -0.39 is 17.8 Å². The summed E-state index contributed by atoms with van der Waals surface area (Å²) < 4.78 is 16.1. The summed E-state index contributed by atoms with van der Waals surface area (Å²) in [6.45, 7) is 2.26. The average Bonchev–Trinajstić information content (AvgIpc) is 3.52. The van der Waals surface area contributed by atoms with Crippen molar-refractivity contribution >= 4 is 34.7 Å². The predicted octanol–water partition coefficient (Wildman–Crippen LogP) is 3.56. The lowest BCUT2D eigenvalue weighted by Crippen LogP contribution is -2.43. The van der Waals surface area contributed by atoms with Crippen molar-refractivity contribution in [3.63, 3.8) is 0 Å². The molecule has 2 heterocycles. The van der Waals surface area contributed by atoms with E-state index in [9.17, 15) is 18.8 Å². The van der Waals surface area contributed by atoms with Crippen LogP contribution in [0, 0.1) is 11.7 Å². The largest absolute Gasteiger partial charge is 0.480 e. The van der Waals surface area contributed by atoms with E-state index in [4.69, 9.17) is 5.11 Å². The van der Waals surface area contributed by atoms with E-state index in [2.05, 4.69) is 5.10 Å². The summed E-state index contributed by atoms with van der Waals surface area (Å²) >= 11 is 1.25. The van der Waals surface area contributed by atoms with Crippen LogP contribution < -0.4 is 0 Å². The number of piperidine rings is 1. The van der Waals surface area contributed by atoms with Crippen LogP contribution in [-0.2, 0) is 20.9 Å². The van der Waals surface area contributed by atoms with Gasteiger partial charge in [0.25, 0.3) is 0 Å². The number of nitrogens with zero attached hydrogens (tertiary/aromatic N) is 3. The van der Waals surface area contributed by atoms with Crippen molar-refractivity contribution in [2.75, 3.05) is 13.1 Å². The standard InChI is InChI=1S/C24H26FN3O4S/c1-15(29)33-21-8-9-27(13-18(21)10-16-11-26-28(12-16)14-22(30)31)23(24(32)17-6-7-17)19-4-2-3-5-20(19)25/h2-5,10-12,17,21,23H,6-9,13-14H2,1H3,(H,30,31)/b18-10-. The number of benzene rings is 1. The molecule has 0 amide bonds. The number of carbonyl (C=O) groups excluding carboxylic acids is 2. The molecule has 1 saturated heterocycles. The molecule has 174 valence electrons. The Balaban J connectivity index is 1.64. The summed E-state index contributed by atoms with van der Waals surface area (Å²) in [5.74, 6) is -1.36. The third-order valence-corrected chi connectivity index (χ3v) is 7.06. The van der Waals surface area contributed by atoms with Gasteiger partial charge in [0.2, 0.25) is 0 Å². The number of rotatable bonds is 8. The van der Waals surface area contributed by atoms with Crippen molar-refractivity contribution < 1.29 is 23.9 Å². The molecule has 1 aliphatic heterocycles. The SMILES string of the molecule is CC(=O)SC1CCN(C(C(=O)C2CC2)c2ccccc2F)C/C1=C/c1cnn(CC(=O)O)c1. The van der Waals surface area contributed by atoms with Crippen LogP contribution in [0.1, 0.15) is 43.4 Å². The Morgan fingerprint density at radius 3 is 2.70 bits per heavy atom. The summed E-state index contributed by atoms with van der Waals surface area (Å²) in [6, 6.07) is 5.76. The fourth-order valence-electron chi connectivity index (χ4n) is 4.29.